The van der Waals surface area contributed by atoms with E-state index in [2.05, 4.69) is 24.0 Å². The number of benzene rings is 2. The predicted octanol–water partition coefficient (Wildman–Crippen LogP) is 4.12. The number of hydrogen-bond acceptors (Lipinski definition) is 3. The summed E-state index contributed by atoms with van der Waals surface area (Å²) in [4.78, 5) is 29.1. The maximum atomic E-state index is 12.8. The van der Waals surface area contributed by atoms with Crippen LogP contribution in [0.15, 0.2) is 54.6 Å². The Kier molecular flexibility index (Phi) is 6.02. The molecule has 0 radical (unpaired) electrons. The summed E-state index contributed by atoms with van der Waals surface area (Å²) in [5, 5.41) is 10.2. The first-order valence-corrected chi connectivity index (χ1v) is 9.98. The van der Waals surface area contributed by atoms with Crippen LogP contribution < -0.4 is 9.80 Å². The molecule has 0 aromatic heterocycles. The lowest BCUT2D eigenvalue weighted by atomic mass is 9.84. The van der Waals surface area contributed by atoms with Gasteiger partial charge in [0.25, 0.3) is 0 Å². The van der Waals surface area contributed by atoms with Crippen LogP contribution in [0, 0.1) is 0 Å². The Morgan fingerprint density at radius 2 is 1.61 bits per heavy atom. The van der Waals surface area contributed by atoms with Crippen molar-refractivity contribution in [1.82, 2.24) is 0 Å². The number of piperidine rings is 1. The molecule has 1 aliphatic rings. The van der Waals surface area contributed by atoms with Gasteiger partial charge < -0.3 is 10.0 Å². The Morgan fingerprint density at radius 1 is 1.00 bits per heavy atom. The summed E-state index contributed by atoms with van der Waals surface area (Å²) < 4.78 is 0. The van der Waals surface area contributed by atoms with Gasteiger partial charge in [-0.2, -0.15) is 0 Å². The molecule has 2 aromatic carbocycles. The van der Waals surface area contributed by atoms with E-state index < -0.39 is 11.5 Å². The van der Waals surface area contributed by atoms with Crippen LogP contribution >= 0.6 is 0 Å². The molecular formula is C23H28N2O3. The number of carbonyl (C=O) groups is 2. The van der Waals surface area contributed by atoms with Crippen LogP contribution in [0.4, 0.5) is 11.4 Å². The van der Waals surface area contributed by atoms with E-state index >= 15 is 0 Å². The van der Waals surface area contributed by atoms with Crippen molar-refractivity contribution in [3.05, 3.63) is 60.2 Å². The smallest absolute Gasteiger partial charge is 0.330 e. The zero-order valence-electron chi connectivity index (χ0n) is 16.6. The Hall–Kier alpha value is -2.82. The molecule has 1 heterocycles. The molecule has 1 amide bonds. The molecule has 3 rings (SSSR count). The first kappa shape index (κ1) is 19.9. The molecule has 1 aliphatic heterocycles. The molecule has 1 fully saturated rings. The Bertz CT molecular complexity index is 827. The number of rotatable bonds is 6. The van der Waals surface area contributed by atoms with E-state index in [0.717, 1.165) is 12.1 Å². The van der Waals surface area contributed by atoms with Gasteiger partial charge in [-0.05, 0) is 43.0 Å². The third-order valence-corrected chi connectivity index (χ3v) is 5.70. The van der Waals surface area contributed by atoms with Gasteiger partial charge in [-0.3, -0.25) is 9.69 Å². The van der Waals surface area contributed by atoms with E-state index in [1.54, 1.807) is 6.92 Å². The van der Waals surface area contributed by atoms with Crippen molar-refractivity contribution in [2.75, 3.05) is 22.9 Å². The van der Waals surface area contributed by atoms with Crippen LogP contribution in [-0.4, -0.2) is 35.6 Å². The molecule has 2 aromatic rings. The zero-order valence-corrected chi connectivity index (χ0v) is 16.6. The van der Waals surface area contributed by atoms with Crippen molar-refractivity contribution in [2.45, 2.75) is 45.1 Å². The number of amides is 1. The minimum absolute atomic E-state index is 0.156. The SMILES string of the molecule is CCC(=O)N(c1ccccc1)C1(C(=O)O)CCN(c2ccccc2CC)CC1. The first-order valence-electron chi connectivity index (χ1n) is 9.98. The fourth-order valence-corrected chi connectivity index (χ4v) is 4.13. The average Bonchev–Trinajstić information content (AvgIpc) is 2.74. The molecule has 0 spiro atoms. The van der Waals surface area contributed by atoms with Gasteiger partial charge in [0.05, 0.1) is 0 Å². The summed E-state index contributed by atoms with van der Waals surface area (Å²) >= 11 is 0. The topological polar surface area (TPSA) is 60.9 Å². The lowest BCUT2D eigenvalue weighted by Crippen LogP contribution is -2.62. The van der Waals surface area contributed by atoms with E-state index in [4.69, 9.17) is 0 Å². The normalized spacial score (nSPS) is 15.9. The highest BCUT2D eigenvalue weighted by Gasteiger charge is 2.49. The van der Waals surface area contributed by atoms with Crippen molar-refractivity contribution in [2.24, 2.45) is 0 Å². The van der Waals surface area contributed by atoms with Crippen molar-refractivity contribution in [3.8, 4) is 0 Å². The first-order chi connectivity index (χ1) is 13.5. The quantitative estimate of drug-likeness (QED) is 0.819. The fourth-order valence-electron chi connectivity index (χ4n) is 4.13. The van der Waals surface area contributed by atoms with E-state index in [1.807, 2.05) is 42.5 Å². The standard InChI is InChI=1S/C23H28N2O3/c1-3-18-10-8-9-13-20(18)24-16-14-23(15-17-24,22(27)28)25(21(26)4-2)19-11-6-5-7-12-19/h5-13H,3-4,14-17H2,1-2H3,(H,27,28). The van der Waals surface area contributed by atoms with E-state index in [9.17, 15) is 14.7 Å². The monoisotopic (exact) mass is 380 g/mol. The van der Waals surface area contributed by atoms with Crippen molar-refractivity contribution >= 4 is 23.3 Å². The van der Waals surface area contributed by atoms with Crippen LogP contribution in [-0.2, 0) is 16.0 Å². The van der Waals surface area contributed by atoms with E-state index in [1.165, 1.54) is 10.5 Å². The summed E-state index contributed by atoms with van der Waals surface area (Å²) in [5.41, 5.74) is 1.86. The highest BCUT2D eigenvalue weighted by atomic mass is 16.4. The second-order valence-corrected chi connectivity index (χ2v) is 7.22. The molecular weight excluding hydrogens is 352 g/mol. The second kappa shape index (κ2) is 8.46. The number of anilines is 2. The maximum Gasteiger partial charge on any atom is 0.330 e. The third kappa shape index (κ3) is 3.61. The fraction of sp³-hybridized carbons (Fsp3) is 0.391. The molecule has 0 unspecified atom stereocenters. The Balaban J connectivity index is 1.93. The Morgan fingerprint density at radius 3 is 2.18 bits per heavy atom. The molecule has 0 bridgehead atoms. The molecule has 148 valence electrons. The predicted molar refractivity (Wildman–Crippen MR) is 112 cm³/mol. The number of carboxylic acids is 1. The molecule has 0 saturated carbocycles. The number of hydrogen-bond donors (Lipinski definition) is 1. The molecule has 5 heteroatoms. The zero-order chi connectivity index (χ0) is 20.1. The minimum Gasteiger partial charge on any atom is -0.479 e. The van der Waals surface area contributed by atoms with Crippen LogP contribution in [0.1, 0.15) is 38.7 Å². The minimum atomic E-state index is -1.22. The van der Waals surface area contributed by atoms with Gasteiger partial charge in [-0.1, -0.05) is 50.2 Å². The highest BCUT2D eigenvalue weighted by Crippen LogP contribution is 2.36. The van der Waals surface area contributed by atoms with E-state index in [0.29, 0.717) is 31.6 Å². The Labute approximate surface area is 166 Å². The number of nitrogens with zero attached hydrogens (tertiary/aromatic N) is 2. The largest absolute Gasteiger partial charge is 0.479 e. The number of carboxylic acid groups (broad SMARTS) is 1. The lowest BCUT2D eigenvalue weighted by Gasteiger charge is -2.46. The lowest BCUT2D eigenvalue weighted by molar-refractivity contribution is -0.146. The van der Waals surface area contributed by atoms with Crippen molar-refractivity contribution < 1.29 is 14.7 Å². The second-order valence-electron chi connectivity index (χ2n) is 7.22. The van der Waals surface area contributed by atoms with Crippen molar-refractivity contribution in [3.63, 3.8) is 0 Å². The van der Waals surface area contributed by atoms with E-state index in [-0.39, 0.29) is 12.3 Å². The average molecular weight is 380 g/mol. The molecule has 1 saturated heterocycles. The van der Waals surface area contributed by atoms with Crippen LogP contribution in [0.2, 0.25) is 0 Å². The molecule has 1 N–H and O–H groups in total. The summed E-state index contributed by atoms with van der Waals surface area (Å²) in [6.45, 7) is 5.11. The number of aliphatic carboxylic acids is 1. The summed E-state index contributed by atoms with van der Waals surface area (Å²) in [6, 6.07) is 17.4. The molecule has 5 nitrogen and oxygen atoms in total. The number of aryl methyl sites for hydroxylation is 1. The van der Waals surface area contributed by atoms with Gasteiger partial charge in [0.2, 0.25) is 5.91 Å². The third-order valence-electron chi connectivity index (χ3n) is 5.70. The van der Waals surface area contributed by atoms with Gasteiger partial charge in [0.1, 0.15) is 5.54 Å². The number of para-hydroxylation sites is 2. The molecule has 0 atom stereocenters. The van der Waals surface area contributed by atoms with Gasteiger partial charge in [-0.15, -0.1) is 0 Å². The number of carbonyl (C=O) groups excluding carboxylic acids is 1. The van der Waals surface area contributed by atoms with Gasteiger partial charge in [0, 0.05) is 30.9 Å². The van der Waals surface area contributed by atoms with Gasteiger partial charge in [-0.25, -0.2) is 4.79 Å². The maximum absolute atomic E-state index is 12.8. The summed E-state index contributed by atoms with van der Waals surface area (Å²) in [6.07, 6.45) is 1.98. The van der Waals surface area contributed by atoms with Crippen LogP contribution in [0.25, 0.3) is 0 Å². The van der Waals surface area contributed by atoms with Crippen LogP contribution in [0.3, 0.4) is 0 Å². The summed E-state index contributed by atoms with van der Waals surface area (Å²) in [5.74, 6) is -1.09. The molecule has 0 aliphatic carbocycles. The van der Waals surface area contributed by atoms with Gasteiger partial charge >= 0.3 is 5.97 Å². The summed E-state index contributed by atoms with van der Waals surface area (Å²) in [7, 11) is 0. The molecule has 28 heavy (non-hydrogen) atoms. The van der Waals surface area contributed by atoms with Crippen LogP contribution in [0.5, 0.6) is 0 Å². The van der Waals surface area contributed by atoms with Crippen molar-refractivity contribution in [1.29, 1.82) is 0 Å². The highest BCUT2D eigenvalue weighted by molar-refractivity contribution is 6.01. The van der Waals surface area contributed by atoms with Gasteiger partial charge in [0.15, 0.2) is 0 Å².